The first-order chi connectivity index (χ1) is 15.4. The normalized spacial score (nSPS) is 15.1. The van der Waals surface area contributed by atoms with Crippen molar-refractivity contribution in [2.45, 2.75) is 13.5 Å². The van der Waals surface area contributed by atoms with Crippen LogP contribution in [0.5, 0.6) is 5.75 Å². The summed E-state index contributed by atoms with van der Waals surface area (Å²) in [4.78, 5) is 38.6. The molecule has 6 nitrogen and oxygen atoms in total. The van der Waals surface area contributed by atoms with E-state index in [0.717, 1.165) is 10.5 Å². The molecule has 0 aromatic heterocycles. The summed E-state index contributed by atoms with van der Waals surface area (Å²) in [6.45, 7) is 1.84. The van der Waals surface area contributed by atoms with Gasteiger partial charge in [-0.25, -0.2) is 14.1 Å². The van der Waals surface area contributed by atoms with Crippen LogP contribution >= 0.6 is 0 Å². The van der Waals surface area contributed by atoms with Crippen molar-refractivity contribution in [2.24, 2.45) is 0 Å². The Bertz CT molecular complexity index is 1230. The highest BCUT2D eigenvalue weighted by molar-refractivity contribution is 6.39. The zero-order valence-electron chi connectivity index (χ0n) is 17.2. The molecule has 1 N–H and O–H groups in total. The van der Waals surface area contributed by atoms with Crippen molar-refractivity contribution in [3.63, 3.8) is 0 Å². The molecule has 4 rings (SSSR count). The van der Waals surface area contributed by atoms with Crippen LogP contribution < -0.4 is 15.0 Å². The smallest absolute Gasteiger partial charge is 0.335 e. The number of carbonyl (C=O) groups is 3. The number of imide groups is 2. The average molecular weight is 430 g/mol. The molecule has 1 heterocycles. The molecule has 0 unspecified atom stereocenters. The fourth-order valence-corrected chi connectivity index (χ4v) is 3.29. The number of benzene rings is 3. The van der Waals surface area contributed by atoms with Crippen LogP contribution in [0.2, 0.25) is 0 Å². The first-order valence-electron chi connectivity index (χ1n) is 9.87. The van der Waals surface area contributed by atoms with E-state index in [9.17, 15) is 18.8 Å². The lowest BCUT2D eigenvalue weighted by molar-refractivity contribution is -0.122. The van der Waals surface area contributed by atoms with Crippen LogP contribution in [0.1, 0.15) is 16.7 Å². The monoisotopic (exact) mass is 430 g/mol. The molecule has 1 aliphatic rings. The highest BCUT2D eigenvalue weighted by Crippen LogP contribution is 2.25. The third-order valence-corrected chi connectivity index (χ3v) is 5.00. The Morgan fingerprint density at radius 1 is 0.938 bits per heavy atom. The molecule has 3 aromatic rings. The number of barbiturate groups is 1. The number of halogens is 1. The maximum absolute atomic E-state index is 13.7. The number of ether oxygens (including phenoxy) is 1. The van der Waals surface area contributed by atoms with E-state index >= 15 is 0 Å². The predicted molar refractivity (Wildman–Crippen MR) is 117 cm³/mol. The zero-order valence-corrected chi connectivity index (χ0v) is 17.2. The van der Waals surface area contributed by atoms with E-state index < -0.39 is 17.8 Å². The topological polar surface area (TPSA) is 75.7 Å². The van der Waals surface area contributed by atoms with Gasteiger partial charge in [-0.15, -0.1) is 0 Å². The number of para-hydroxylation sites is 1. The summed E-state index contributed by atoms with van der Waals surface area (Å²) in [6.07, 6.45) is 1.41. The summed E-state index contributed by atoms with van der Waals surface area (Å²) in [6, 6.07) is 19.1. The molecule has 0 bridgehead atoms. The van der Waals surface area contributed by atoms with E-state index in [-0.39, 0.29) is 18.0 Å². The second-order valence-electron chi connectivity index (χ2n) is 7.19. The molecular weight excluding hydrogens is 411 g/mol. The Kier molecular flexibility index (Phi) is 5.81. The summed E-state index contributed by atoms with van der Waals surface area (Å²) in [7, 11) is 0. The maximum atomic E-state index is 13.7. The molecule has 32 heavy (non-hydrogen) atoms. The molecule has 7 heteroatoms. The molecule has 1 fully saturated rings. The Labute approximate surface area is 183 Å². The number of anilines is 1. The van der Waals surface area contributed by atoms with Crippen molar-refractivity contribution in [1.29, 1.82) is 0 Å². The number of aryl methyl sites for hydroxylation is 1. The lowest BCUT2D eigenvalue weighted by Gasteiger charge is -2.27. The fraction of sp³-hybridized carbons (Fsp3) is 0.0800. The van der Waals surface area contributed by atoms with E-state index in [0.29, 0.717) is 22.6 Å². The van der Waals surface area contributed by atoms with Crippen LogP contribution in [0.3, 0.4) is 0 Å². The van der Waals surface area contributed by atoms with Gasteiger partial charge in [-0.05, 0) is 48.4 Å². The van der Waals surface area contributed by atoms with Crippen molar-refractivity contribution >= 4 is 29.6 Å². The minimum absolute atomic E-state index is 0.0709. The van der Waals surface area contributed by atoms with Gasteiger partial charge in [0.15, 0.2) is 0 Å². The summed E-state index contributed by atoms with van der Waals surface area (Å²) in [5.74, 6) is -1.30. The van der Waals surface area contributed by atoms with Crippen molar-refractivity contribution in [3.05, 3.63) is 101 Å². The highest BCUT2D eigenvalue weighted by Gasteiger charge is 2.37. The molecule has 0 atom stereocenters. The van der Waals surface area contributed by atoms with Gasteiger partial charge in [-0.2, -0.15) is 0 Å². The van der Waals surface area contributed by atoms with Gasteiger partial charge in [0, 0.05) is 5.56 Å². The number of hydrogen-bond acceptors (Lipinski definition) is 4. The predicted octanol–water partition coefficient (Wildman–Crippen LogP) is 4.38. The Balaban J connectivity index is 1.54. The molecule has 1 aliphatic heterocycles. The second kappa shape index (κ2) is 8.85. The van der Waals surface area contributed by atoms with Crippen LogP contribution in [0, 0.1) is 12.7 Å². The number of amides is 4. The van der Waals surface area contributed by atoms with E-state index in [1.807, 2.05) is 0 Å². The summed E-state index contributed by atoms with van der Waals surface area (Å²) >= 11 is 0. The van der Waals surface area contributed by atoms with Gasteiger partial charge in [0.05, 0.1) is 5.69 Å². The Hall–Kier alpha value is -4.26. The van der Waals surface area contributed by atoms with E-state index in [1.54, 1.807) is 73.7 Å². The minimum Gasteiger partial charge on any atom is -0.489 e. The lowest BCUT2D eigenvalue weighted by Crippen LogP contribution is -2.54. The van der Waals surface area contributed by atoms with E-state index in [2.05, 4.69) is 5.32 Å². The van der Waals surface area contributed by atoms with Gasteiger partial charge < -0.3 is 4.74 Å². The van der Waals surface area contributed by atoms with Gasteiger partial charge >= 0.3 is 6.03 Å². The minimum atomic E-state index is -0.789. The Morgan fingerprint density at radius 2 is 1.62 bits per heavy atom. The van der Waals surface area contributed by atoms with E-state index in [4.69, 9.17) is 4.74 Å². The largest absolute Gasteiger partial charge is 0.489 e. The molecule has 0 radical (unpaired) electrons. The third-order valence-electron chi connectivity index (χ3n) is 5.00. The third kappa shape index (κ3) is 4.27. The first-order valence-corrected chi connectivity index (χ1v) is 9.87. The lowest BCUT2D eigenvalue weighted by atomic mass is 10.1. The molecule has 0 spiro atoms. The number of nitrogens with one attached hydrogen (secondary N) is 1. The highest BCUT2D eigenvalue weighted by atomic mass is 19.1. The summed E-state index contributed by atoms with van der Waals surface area (Å²) in [5, 5.41) is 2.21. The molecule has 0 saturated carbocycles. The van der Waals surface area contributed by atoms with Gasteiger partial charge in [0.1, 0.15) is 23.7 Å². The van der Waals surface area contributed by atoms with Crippen LogP contribution in [0.15, 0.2) is 78.4 Å². The van der Waals surface area contributed by atoms with Crippen LogP contribution in [-0.4, -0.2) is 17.8 Å². The first kappa shape index (κ1) is 21.0. The molecule has 0 aliphatic carbocycles. The summed E-state index contributed by atoms with van der Waals surface area (Å²) in [5.41, 5.74) is 1.98. The number of hydrogen-bond donors (Lipinski definition) is 1. The fourth-order valence-electron chi connectivity index (χ4n) is 3.29. The van der Waals surface area contributed by atoms with Crippen LogP contribution in [0.4, 0.5) is 14.9 Å². The quantitative estimate of drug-likeness (QED) is 0.482. The molecule has 160 valence electrons. The summed E-state index contributed by atoms with van der Waals surface area (Å²) < 4.78 is 19.3. The van der Waals surface area contributed by atoms with Gasteiger partial charge in [-0.1, -0.05) is 48.5 Å². The number of urea groups is 1. The average Bonchev–Trinajstić information content (AvgIpc) is 2.78. The van der Waals surface area contributed by atoms with Gasteiger partial charge in [0.25, 0.3) is 11.8 Å². The number of carbonyl (C=O) groups excluding carboxylic acids is 3. The number of rotatable bonds is 5. The van der Waals surface area contributed by atoms with E-state index in [1.165, 1.54) is 12.1 Å². The van der Waals surface area contributed by atoms with Crippen LogP contribution in [-0.2, 0) is 16.2 Å². The maximum Gasteiger partial charge on any atom is 0.335 e. The SMILES string of the molecule is Cc1ccccc1N1C(=O)NC(=O)/C(=C\c2ccc(OCc3ccccc3F)cc2)C1=O. The Morgan fingerprint density at radius 3 is 2.34 bits per heavy atom. The van der Waals surface area contributed by atoms with Crippen molar-refractivity contribution < 1.29 is 23.5 Å². The van der Waals surface area contributed by atoms with Crippen LogP contribution in [0.25, 0.3) is 6.08 Å². The molecule has 1 saturated heterocycles. The van der Waals surface area contributed by atoms with Crippen molar-refractivity contribution in [3.8, 4) is 5.75 Å². The van der Waals surface area contributed by atoms with Gasteiger partial charge in [0.2, 0.25) is 0 Å². The number of nitrogens with zero attached hydrogens (tertiary/aromatic N) is 1. The zero-order chi connectivity index (χ0) is 22.7. The molecule has 4 amide bonds. The standard InChI is InChI=1S/C25H19FN2O4/c1-16-6-2-5-9-22(16)28-24(30)20(23(29)27-25(28)31)14-17-10-12-19(13-11-17)32-15-18-7-3-4-8-21(18)26/h2-14H,15H2,1H3,(H,27,29,31)/b20-14+. The van der Waals surface area contributed by atoms with Gasteiger partial charge in [-0.3, -0.25) is 14.9 Å². The second-order valence-corrected chi connectivity index (χ2v) is 7.19. The molecular formula is C25H19FN2O4. The van der Waals surface area contributed by atoms with Crippen molar-refractivity contribution in [1.82, 2.24) is 5.32 Å². The van der Waals surface area contributed by atoms with Crippen molar-refractivity contribution in [2.75, 3.05) is 4.90 Å². The molecule has 3 aromatic carbocycles.